The number of aliphatic hydroxyl groups is 2. The molecule has 10 heteroatoms. The summed E-state index contributed by atoms with van der Waals surface area (Å²) in [5, 5.41) is 21.8. The molecule has 1 unspecified atom stereocenters. The van der Waals surface area contributed by atoms with Gasteiger partial charge >= 0.3 is 0 Å². The molecule has 3 saturated carbocycles. The first-order chi connectivity index (χ1) is 20.9. The van der Waals surface area contributed by atoms with Crippen molar-refractivity contribution in [2.24, 2.45) is 22.7 Å². The molecule has 2 aromatic carbocycles. The molecule has 44 heavy (non-hydrogen) atoms. The Balaban J connectivity index is 1.21. The third-order valence-electron chi connectivity index (χ3n) is 11.2. The smallest absolute Gasteiger partial charge is 0.193 e. The Morgan fingerprint density at radius 3 is 2.39 bits per heavy atom. The number of carbonyl (C=O) groups is 2. The van der Waals surface area contributed by atoms with Gasteiger partial charge in [-0.15, -0.1) is 0 Å². The van der Waals surface area contributed by atoms with Crippen molar-refractivity contribution in [3.63, 3.8) is 0 Å². The molecule has 4 N–H and O–H groups in total. The highest BCUT2D eigenvalue weighted by Crippen LogP contribution is 2.72. The molecular formula is C34H35F2NO7. The Bertz CT molecular complexity index is 1580. The molecule has 0 radical (unpaired) electrons. The number of rotatable bonds is 5. The fourth-order valence-electron chi connectivity index (χ4n) is 9.08. The minimum absolute atomic E-state index is 0.0297. The number of nitrogen functional groups attached to an aromatic ring is 1. The van der Waals surface area contributed by atoms with E-state index in [1.807, 2.05) is 0 Å². The fourth-order valence-corrected chi connectivity index (χ4v) is 9.08. The Morgan fingerprint density at radius 1 is 1.07 bits per heavy atom. The van der Waals surface area contributed by atoms with Crippen molar-refractivity contribution in [1.82, 2.24) is 0 Å². The Morgan fingerprint density at radius 2 is 1.73 bits per heavy atom. The van der Waals surface area contributed by atoms with E-state index < -0.39 is 76.8 Å². The number of carbonyl (C=O) groups excluding carboxylic acids is 2. The zero-order valence-corrected chi connectivity index (χ0v) is 24.4. The van der Waals surface area contributed by atoms with Crippen molar-refractivity contribution in [1.29, 1.82) is 0 Å². The number of ether oxygens (including phenoxy) is 3. The van der Waals surface area contributed by atoms with Gasteiger partial charge in [-0.3, -0.25) is 9.59 Å². The summed E-state index contributed by atoms with van der Waals surface area (Å²) in [4.78, 5) is 25.8. The van der Waals surface area contributed by atoms with Gasteiger partial charge in [-0.25, -0.2) is 8.78 Å². The van der Waals surface area contributed by atoms with Gasteiger partial charge in [-0.1, -0.05) is 25.1 Å². The SMILES string of the molecule is C[C@]12C=CC(=O)C=C1[C@@H](F)C[C@H]1[C@@H]3C[C@H]4OC(c5ccc(Oc6ccc(N)cc6)cc5)O[C@@]4(C(=O)CO)[C@@]3(C)C[C@H](O)[C@@]12F. The predicted octanol–water partition coefficient (Wildman–Crippen LogP) is 4.70. The number of halogens is 2. The zero-order chi connectivity index (χ0) is 31.2. The number of hydrogen-bond acceptors (Lipinski definition) is 8. The second-order valence-electron chi connectivity index (χ2n) is 13.2. The number of aliphatic hydroxyl groups excluding tert-OH is 2. The molecule has 8 nitrogen and oxygen atoms in total. The van der Waals surface area contributed by atoms with Crippen LogP contribution in [-0.4, -0.2) is 58.0 Å². The second kappa shape index (κ2) is 9.78. The van der Waals surface area contributed by atoms with Crippen LogP contribution >= 0.6 is 0 Å². The van der Waals surface area contributed by atoms with Crippen molar-refractivity contribution in [2.45, 2.75) is 69.0 Å². The van der Waals surface area contributed by atoms with Crippen molar-refractivity contribution < 1.29 is 42.8 Å². The highest BCUT2D eigenvalue weighted by Gasteiger charge is 2.80. The number of allylic oxidation sites excluding steroid dienone is 4. The van der Waals surface area contributed by atoms with Crippen LogP contribution in [0.15, 0.2) is 72.3 Å². The van der Waals surface area contributed by atoms with Crippen LogP contribution in [0, 0.1) is 22.7 Å². The van der Waals surface area contributed by atoms with E-state index in [1.54, 1.807) is 55.5 Å². The third kappa shape index (κ3) is 3.74. The van der Waals surface area contributed by atoms with Crippen LogP contribution in [-0.2, 0) is 19.1 Å². The Labute approximate surface area is 253 Å². The maximum Gasteiger partial charge on any atom is 0.193 e. The van der Waals surface area contributed by atoms with Crippen LogP contribution in [0.4, 0.5) is 14.5 Å². The van der Waals surface area contributed by atoms with Gasteiger partial charge in [-0.2, -0.15) is 0 Å². The molecule has 0 spiro atoms. The molecule has 4 aliphatic carbocycles. The average Bonchev–Trinajstić information content (AvgIpc) is 3.50. The van der Waals surface area contributed by atoms with Gasteiger partial charge in [0.1, 0.15) is 24.3 Å². The summed E-state index contributed by atoms with van der Waals surface area (Å²) in [5.41, 5.74) is 0.264. The summed E-state index contributed by atoms with van der Waals surface area (Å²) in [6.07, 6.45) is -1.58. The molecule has 7 rings (SSSR count). The molecule has 1 saturated heterocycles. The highest BCUT2D eigenvalue weighted by atomic mass is 19.1. The number of benzene rings is 2. The second-order valence-corrected chi connectivity index (χ2v) is 13.2. The quantitative estimate of drug-likeness (QED) is 0.418. The zero-order valence-electron chi connectivity index (χ0n) is 24.4. The van der Waals surface area contributed by atoms with E-state index in [4.69, 9.17) is 19.9 Å². The molecular weight excluding hydrogens is 572 g/mol. The lowest BCUT2D eigenvalue weighted by atomic mass is 9.44. The predicted molar refractivity (Wildman–Crippen MR) is 155 cm³/mol. The number of ketones is 2. The first-order valence-electron chi connectivity index (χ1n) is 14.9. The van der Waals surface area contributed by atoms with Crippen LogP contribution in [0.2, 0.25) is 0 Å². The number of fused-ring (bicyclic) bond motifs is 7. The molecule has 1 aliphatic heterocycles. The Hall–Kier alpha value is -3.44. The average molecular weight is 608 g/mol. The molecule has 2 aromatic rings. The van der Waals surface area contributed by atoms with Crippen molar-refractivity contribution >= 4 is 17.3 Å². The molecule has 0 amide bonds. The third-order valence-corrected chi connectivity index (χ3v) is 11.2. The van der Waals surface area contributed by atoms with Gasteiger partial charge in [0.15, 0.2) is 29.1 Å². The molecule has 4 fully saturated rings. The summed E-state index contributed by atoms with van der Waals surface area (Å²) in [6.45, 7) is 2.44. The lowest BCUT2D eigenvalue weighted by molar-refractivity contribution is -0.235. The van der Waals surface area contributed by atoms with Gasteiger partial charge in [0.05, 0.1) is 12.2 Å². The molecule has 5 aliphatic rings. The molecule has 232 valence electrons. The fraction of sp³-hybridized carbons (Fsp3) is 0.471. The standard InChI is InChI=1S/C34H35F2NO7/c1-31-12-11-20(39)13-25(31)26(35)14-24-23-15-29-34(28(41)17-38,32(23,2)16-27(40)33(24,31)36)44-30(43-29)18-3-7-21(8-4-18)42-22-9-5-19(37)6-10-22/h3-13,23-24,26-27,29-30,38,40H,14-17,37H2,1-2H3/t23-,24-,26-,27-,29+,30?,31-,32-,33-,34+/m0/s1. The molecule has 0 bridgehead atoms. The molecule has 0 aromatic heterocycles. The first kappa shape index (κ1) is 29.3. The summed E-state index contributed by atoms with van der Waals surface area (Å²) < 4.78 is 52.1. The van der Waals surface area contributed by atoms with E-state index in [0.29, 0.717) is 22.7 Å². The van der Waals surface area contributed by atoms with Crippen molar-refractivity contribution in [3.05, 3.63) is 77.9 Å². The normalized spacial score (nSPS) is 42.1. The number of Topliss-reactive ketones (excluding diaryl/α,β-unsaturated/α-hetero) is 1. The van der Waals surface area contributed by atoms with Crippen LogP contribution in [0.25, 0.3) is 0 Å². The number of nitrogens with two attached hydrogens (primary N) is 1. The van der Waals surface area contributed by atoms with Crippen molar-refractivity contribution in [2.75, 3.05) is 12.3 Å². The van der Waals surface area contributed by atoms with E-state index in [0.717, 1.165) is 6.08 Å². The van der Waals surface area contributed by atoms with Crippen molar-refractivity contribution in [3.8, 4) is 11.5 Å². The van der Waals surface area contributed by atoms with Gasteiger partial charge in [-0.05, 0) is 86.2 Å². The summed E-state index contributed by atoms with van der Waals surface area (Å²) in [6, 6.07) is 13.9. The number of hydrogen-bond donors (Lipinski definition) is 3. The lowest BCUT2D eigenvalue weighted by Gasteiger charge is -2.63. The summed E-state index contributed by atoms with van der Waals surface area (Å²) in [7, 11) is 0. The van der Waals surface area contributed by atoms with E-state index in [9.17, 15) is 19.8 Å². The molecule has 10 atom stereocenters. The van der Waals surface area contributed by atoms with Crippen LogP contribution in [0.5, 0.6) is 11.5 Å². The summed E-state index contributed by atoms with van der Waals surface area (Å²) in [5.74, 6) is -1.51. The highest BCUT2D eigenvalue weighted by molar-refractivity contribution is 6.01. The van der Waals surface area contributed by atoms with Crippen LogP contribution in [0.1, 0.15) is 45.0 Å². The number of anilines is 1. The van der Waals surface area contributed by atoms with E-state index in [1.165, 1.54) is 19.1 Å². The minimum atomic E-state index is -2.30. The Kier molecular flexibility index (Phi) is 6.51. The minimum Gasteiger partial charge on any atom is -0.457 e. The van der Waals surface area contributed by atoms with E-state index in [-0.39, 0.29) is 24.8 Å². The molecule has 1 heterocycles. The largest absolute Gasteiger partial charge is 0.457 e. The lowest BCUT2D eigenvalue weighted by Crippen LogP contribution is -2.70. The van der Waals surface area contributed by atoms with Gasteiger partial charge < -0.3 is 30.2 Å². The van der Waals surface area contributed by atoms with Gasteiger partial charge in [0.2, 0.25) is 0 Å². The maximum atomic E-state index is 17.5. The van der Waals surface area contributed by atoms with Gasteiger partial charge in [0.25, 0.3) is 0 Å². The van der Waals surface area contributed by atoms with E-state index >= 15 is 8.78 Å². The number of alkyl halides is 2. The maximum absolute atomic E-state index is 17.5. The van der Waals surface area contributed by atoms with Crippen LogP contribution in [0.3, 0.4) is 0 Å². The van der Waals surface area contributed by atoms with Gasteiger partial charge in [0, 0.05) is 28.0 Å². The topological polar surface area (TPSA) is 128 Å². The van der Waals surface area contributed by atoms with E-state index in [2.05, 4.69) is 0 Å². The summed E-state index contributed by atoms with van der Waals surface area (Å²) >= 11 is 0. The first-order valence-corrected chi connectivity index (χ1v) is 14.9. The monoisotopic (exact) mass is 607 g/mol. The van der Waals surface area contributed by atoms with Crippen LogP contribution < -0.4 is 10.5 Å².